The predicted octanol–water partition coefficient (Wildman–Crippen LogP) is 3.24. The van der Waals surface area contributed by atoms with E-state index < -0.39 is 0 Å². The van der Waals surface area contributed by atoms with E-state index in [1.807, 2.05) is 6.07 Å². The molecule has 0 aromatic carbocycles. The molecule has 0 unspecified atom stereocenters. The van der Waals surface area contributed by atoms with Crippen molar-refractivity contribution in [3.63, 3.8) is 0 Å². The molecular weight excluding hydrogens is 398 g/mol. The Kier molecular flexibility index (Phi) is 8.86. The van der Waals surface area contributed by atoms with Gasteiger partial charge in [-0.15, -0.1) is 11.3 Å². The molecule has 3 rings (SSSR count). The van der Waals surface area contributed by atoms with Crippen LogP contribution in [0.15, 0.2) is 12.1 Å². The summed E-state index contributed by atoms with van der Waals surface area (Å²) in [6.45, 7) is 11.5. The molecule has 168 valence electrons. The summed E-state index contributed by atoms with van der Waals surface area (Å²) >= 11 is 1.34. The summed E-state index contributed by atoms with van der Waals surface area (Å²) in [7, 11) is 1.75. The van der Waals surface area contributed by atoms with Gasteiger partial charge in [0.2, 0.25) is 0 Å². The Bertz CT molecular complexity index is 700. The number of amides is 1. The fourth-order valence-corrected chi connectivity index (χ4v) is 5.60. The normalized spacial score (nSPS) is 21.2. The number of thiophene rings is 1. The highest BCUT2D eigenvalue weighted by Gasteiger charge is 2.30. The molecule has 30 heavy (non-hydrogen) atoms. The lowest BCUT2D eigenvalue weighted by Gasteiger charge is -2.36. The van der Waals surface area contributed by atoms with Gasteiger partial charge in [0.15, 0.2) is 5.78 Å². The van der Waals surface area contributed by atoms with Crippen LogP contribution in [0.1, 0.15) is 58.9 Å². The molecule has 0 aliphatic carbocycles. The Labute approximate surface area is 185 Å². The van der Waals surface area contributed by atoms with Crippen molar-refractivity contribution in [2.75, 3.05) is 59.5 Å². The van der Waals surface area contributed by atoms with Crippen molar-refractivity contribution in [3.05, 3.63) is 21.9 Å². The summed E-state index contributed by atoms with van der Waals surface area (Å²) in [4.78, 5) is 33.5. The van der Waals surface area contributed by atoms with E-state index in [-0.39, 0.29) is 11.7 Å². The lowest BCUT2D eigenvalue weighted by Crippen LogP contribution is -2.46. The van der Waals surface area contributed by atoms with Crippen LogP contribution in [0, 0.1) is 5.92 Å². The number of ketones is 1. The third-order valence-corrected chi connectivity index (χ3v) is 7.76. The molecule has 3 heterocycles. The van der Waals surface area contributed by atoms with Gasteiger partial charge in [-0.05, 0) is 76.8 Å². The van der Waals surface area contributed by atoms with Crippen molar-refractivity contribution in [2.45, 2.75) is 45.6 Å². The first kappa shape index (κ1) is 23.4. The van der Waals surface area contributed by atoms with Crippen LogP contribution in [-0.2, 0) is 4.74 Å². The van der Waals surface area contributed by atoms with Crippen LogP contribution in [0.5, 0.6) is 0 Å². The third-order valence-electron chi connectivity index (χ3n) is 6.58. The molecule has 0 spiro atoms. The average Bonchev–Trinajstić information content (AvgIpc) is 3.42. The lowest BCUT2D eigenvalue weighted by molar-refractivity contribution is 0.0621. The first-order valence-electron chi connectivity index (χ1n) is 11.4. The van der Waals surface area contributed by atoms with Crippen LogP contribution in [0.3, 0.4) is 0 Å². The van der Waals surface area contributed by atoms with Crippen molar-refractivity contribution in [1.82, 2.24) is 14.7 Å². The molecule has 0 bridgehead atoms. The summed E-state index contributed by atoms with van der Waals surface area (Å²) in [5.41, 5.74) is 0. The molecule has 2 saturated heterocycles. The van der Waals surface area contributed by atoms with Crippen molar-refractivity contribution >= 4 is 23.0 Å². The second kappa shape index (κ2) is 11.4. The second-order valence-electron chi connectivity index (χ2n) is 8.63. The Balaban J connectivity index is 1.66. The molecule has 2 fully saturated rings. The number of carbonyl (C=O) groups excluding carboxylic acids is 2. The highest BCUT2D eigenvalue weighted by molar-refractivity contribution is 7.15. The van der Waals surface area contributed by atoms with Gasteiger partial charge in [0, 0.05) is 32.8 Å². The molecule has 0 radical (unpaired) electrons. The molecule has 6 nitrogen and oxygen atoms in total. The van der Waals surface area contributed by atoms with E-state index in [1.165, 1.54) is 17.8 Å². The lowest BCUT2D eigenvalue weighted by atomic mass is 9.95. The quantitative estimate of drug-likeness (QED) is 0.528. The van der Waals surface area contributed by atoms with Gasteiger partial charge in [0.25, 0.3) is 5.91 Å². The molecule has 1 aromatic heterocycles. The van der Waals surface area contributed by atoms with Gasteiger partial charge in [-0.2, -0.15) is 0 Å². The van der Waals surface area contributed by atoms with Crippen LogP contribution < -0.4 is 0 Å². The minimum atomic E-state index is 0.0296. The first-order chi connectivity index (χ1) is 14.5. The zero-order chi connectivity index (χ0) is 21.5. The Morgan fingerprint density at radius 2 is 1.87 bits per heavy atom. The number of likely N-dealkylation sites (tertiary alicyclic amines) is 2. The topological polar surface area (TPSA) is 53.1 Å². The van der Waals surface area contributed by atoms with Gasteiger partial charge in [0.1, 0.15) is 0 Å². The summed E-state index contributed by atoms with van der Waals surface area (Å²) in [5, 5.41) is 0. The maximum Gasteiger partial charge on any atom is 0.264 e. The molecule has 2 aliphatic heterocycles. The summed E-state index contributed by atoms with van der Waals surface area (Å²) in [6.07, 6.45) is 4.62. The van der Waals surface area contributed by atoms with Crippen LogP contribution in [-0.4, -0.2) is 92.0 Å². The molecule has 1 aromatic rings. The van der Waals surface area contributed by atoms with Gasteiger partial charge in [-0.1, -0.05) is 6.92 Å². The van der Waals surface area contributed by atoms with Crippen molar-refractivity contribution in [3.8, 4) is 0 Å². The fraction of sp³-hybridized carbons (Fsp3) is 0.739. The van der Waals surface area contributed by atoms with Crippen molar-refractivity contribution in [1.29, 1.82) is 0 Å². The van der Waals surface area contributed by atoms with Crippen LogP contribution >= 0.6 is 11.3 Å². The minimum absolute atomic E-state index is 0.0296. The fourth-order valence-electron chi connectivity index (χ4n) is 4.74. The number of ether oxygens (including phenoxy) is 1. The standard InChI is InChI=1S/C23H37N3O3S/c1-4-25-11-5-6-20(25)17-26(23(28)22-8-7-21(30-22)18(2)27)16-19-9-12-24(13-10-19)14-15-29-3/h7-8,19-20H,4-6,9-17H2,1-3H3/t20-/m1/s1. The maximum absolute atomic E-state index is 13.4. The summed E-state index contributed by atoms with van der Waals surface area (Å²) in [6, 6.07) is 4.07. The van der Waals surface area contributed by atoms with Gasteiger partial charge in [-0.25, -0.2) is 0 Å². The number of hydrogen-bond donors (Lipinski definition) is 0. The summed E-state index contributed by atoms with van der Waals surface area (Å²) in [5.74, 6) is 0.663. The number of methoxy groups -OCH3 is 1. The predicted molar refractivity (Wildman–Crippen MR) is 122 cm³/mol. The zero-order valence-corrected chi connectivity index (χ0v) is 19.6. The van der Waals surface area contributed by atoms with Crippen LogP contribution in [0.25, 0.3) is 0 Å². The number of carbonyl (C=O) groups is 2. The number of piperidine rings is 1. The first-order valence-corrected chi connectivity index (χ1v) is 12.2. The molecule has 1 atom stereocenters. The van der Waals surface area contributed by atoms with E-state index in [1.54, 1.807) is 20.1 Å². The molecule has 1 amide bonds. The SMILES string of the molecule is CCN1CCC[C@@H]1CN(CC1CCN(CCOC)CC1)C(=O)c1ccc(C(C)=O)s1. The van der Waals surface area contributed by atoms with E-state index in [0.717, 1.165) is 71.7 Å². The third kappa shape index (κ3) is 6.13. The molecular formula is C23H37N3O3S. The number of Topliss-reactive ketones (excluding diaryl/α,β-unsaturated/α-hetero) is 1. The van der Waals surface area contributed by atoms with Crippen LogP contribution in [0.4, 0.5) is 0 Å². The van der Waals surface area contributed by atoms with E-state index in [0.29, 0.717) is 21.7 Å². The van der Waals surface area contributed by atoms with Gasteiger partial charge in [-0.3, -0.25) is 14.5 Å². The van der Waals surface area contributed by atoms with E-state index in [9.17, 15) is 9.59 Å². The Morgan fingerprint density at radius 3 is 2.50 bits per heavy atom. The Morgan fingerprint density at radius 1 is 1.13 bits per heavy atom. The Hall–Kier alpha value is -1.28. The van der Waals surface area contributed by atoms with Crippen molar-refractivity contribution < 1.29 is 14.3 Å². The highest BCUT2D eigenvalue weighted by atomic mass is 32.1. The number of nitrogens with zero attached hydrogens (tertiary/aromatic N) is 3. The van der Waals surface area contributed by atoms with E-state index >= 15 is 0 Å². The van der Waals surface area contributed by atoms with Gasteiger partial charge < -0.3 is 14.5 Å². The van der Waals surface area contributed by atoms with Crippen LogP contribution in [0.2, 0.25) is 0 Å². The largest absolute Gasteiger partial charge is 0.383 e. The molecule has 0 saturated carbocycles. The summed E-state index contributed by atoms with van der Waals surface area (Å²) < 4.78 is 5.21. The zero-order valence-electron chi connectivity index (χ0n) is 18.8. The average molecular weight is 436 g/mol. The highest BCUT2D eigenvalue weighted by Crippen LogP contribution is 2.25. The maximum atomic E-state index is 13.4. The smallest absolute Gasteiger partial charge is 0.264 e. The number of hydrogen-bond acceptors (Lipinski definition) is 6. The van der Waals surface area contributed by atoms with Gasteiger partial charge in [0.05, 0.1) is 16.4 Å². The van der Waals surface area contributed by atoms with E-state index in [2.05, 4.69) is 21.6 Å². The molecule has 0 N–H and O–H groups in total. The minimum Gasteiger partial charge on any atom is -0.383 e. The number of rotatable bonds is 10. The number of likely N-dealkylation sites (N-methyl/N-ethyl adjacent to an activating group) is 1. The molecule has 2 aliphatic rings. The van der Waals surface area contributed by atoms with Gasteiger partial charge >= 0.3 is 0 Å². The van der Waals surface area contributed by atoms with E-state index in [4.69, 9.17) is 4.74 Å². The second-order valence-corrected chi connectivity index (χ2v) is 9.72. The van der Waals surface area contributed by atoms with Crippen molar-refractivity contribution in [2.24, 2.45) is 5.92 Å². The molecule has 7 heteroatoms. The monoisotopic (exact) mass is 435 g/mol.